The van der Waals surface area contributed by atoms with Crippen LogP contribution in [-0.4, -0.2) is 4.57 Å². The third kappa shape index (κ3) is 1.49. The zero-order valence-electron chi connectivity index (χ0n) is 8.92. The van der Waals surface area contributed by atoms with E-state index in [9.17, 15) is 4.79 Å². The Hall–Kier alpha value is -1.05. The normalized spacial score (nSPS) is 15.6. The molecule has 0 radical (unpaired) electrons. The largest absolute Gasteiger partial charge is 0.313 e. The second-order valence-corrected chi connectivity index (χ2v) is 4.33. The van der Waals surface area contributed by atoms with Crippen LogP contribution in [0, 0.1) is 0 Å². The Bertz CT molecular complexity index is 390. The van der Waals surface area contributed by atoms with Crippen LogP contribution in [0.3, 0.4) is 0 Å². The molecule has 0 saturated carbocycles. The summed E-state index contributed by atoms with van der Waals surface area (Å²) in [6.07, 6.45) is 6.41. The van der Waals surface area contributed by atoms with Gasteiger partial charge in [-0.15, -0.1) is 0 Å². The van der Waals surface area contributed by atoms with Crippen LogP contribution in [-0.2, 0) is 12.8 Å². The fourth-order valence-corrected chi connectivity index (χ4v) is 2.16. The van der Waals surface area contributed by atoms with E-state index in [1.807, 2.05) is 10.8 Å². The van der Waals surface area contributed by atoms with Crippen molar-refractivity contribution < 1.29 is 0 Å². The summed E-state index contributed by atoms with van der Waals surface area (Å²) in [5, 5.41) is 0. The van der Waals surface area contributed by atoms with Gasteiger partial charge in [0.25, 0.3) is 5.56 Å². The fourth-order valence-electron chi connectivity index (χ4n) is 2.16. The molecule has 1 aromatic rings. The highest BCUT2D eigenvalue weighted by Crippen LogP contribution is 2.18. The van der Waals surface area contributed by atoms with E-state index in [0.717, 1.165) is 18.4 Å². The first-order valence-electron chi connectivity index (χ1n) is 5.43. The van der Waals surface area contributed by atoms with E-state index >= 15 is 0 Å². The molecule has 1 aliphatic carbocycles. The number of hydrogen-bond acceptors (Lipinski definition) is 1. The number of aromatic nitrogens is 1. The second kappa shape index (κ2) is 3.60. The van der Waals surface area contributed by atoms with E-state index in [0.29, 0.717) is 0 Å². The molecule has 0 spiro atoms. The quantitative estimate of drug-likeness (QED) is 0.667. The van der Waals surface area contributed by atoms with E-state index in [4.69, 9.17) is 0 Å². The minimum atomic E-state index is 0.234. The molecule has 76 valence electrons. The average Bonchev–Trinajstić information content (AvgIpc) is 2.18. The Labute approximate surface area is 84.6 Å². The Morgan fingerprint density at radius 2 is 2.00 bits per heavy atom. The van der Waals surface area contributed by atoms with Crippen LogP contribution >= 0.6 is 0 Å². The van der Waals surface area contributed by atoms with Crippen molar-refractivity contribution in [1.29, 1.82) is 0 Å². The van der Waals surface area contributed by atoms with Crippen molar-refractivity contribution in [2.75, 3.05) is 0 Å². The van der Waals surface area contributed by atoms with Crippen LogP contribution in [0.5, 0.6) is 0 Å². The van der Waals surface area contributed by atoms with E-state index in [2.05, 4.69) is 19.9 Å². The van der Waals surface area contributed by atoms with Crippen LogP contribution in [0.1, 0.15) is 43.9 Å². The summed E-state index contributed by atoms with van der Waals surface area (Å²) in [4.78, 5) is 12.0. The molecule has 14 heavy (non-hydrogen) atoms. The molecule has 0 fully saturated rings. The Balaban J connectivity index is 2.55. The molecular weight excluding hydrogens is 174 g/mol. The van der Waals surface area contributed by atoms with E-state index in [1.54, 1.807) is 0 Å². The van der Waals surface area contributed by atoms with Gasteiger partial charge in [-0.25, -0.2) is 0 Å². The smallest absolute Gasteiger partial charge is 0.254 e. The molecule has 0 saturated heterocycles. The van der Waals surface area contributed by atoms with Crippen molar-refractivity contribution in [3.8, 4) is 0 Å². The molecule has 0 amide bonds. The maximum absolute atomic E-state index is 12.0. The van der Waals surface area contributed by atoms with Crippen LogP contribution in [0.25, 0.3) is 0 Å². The summed E-state index contributed by atoms with van der Waals surface area (Å²) >= 11 is 0. The molecular formula is C12H17NO. The van der Waals surface area contributed by atoms with Crippen LogP contribution < -0.4 is 5.56 Å². The van der Waals surface area contributed by atoms with Gasteiger partial charge in [-0.3, -0.25) is 4.79 Å². The summed E-state index contributed by atoms with van der Waals surface area (Å²) in [5.41, 5.74) is 2.57. The first-order valence-corrected chi connectivity index (χ1v) is 5.43. The lowest BCUT2D eigenvalue weighted by molar-refractivity contribution is 0.560. The predicted octanol–water partition coefficient (Wildman–Crippen LogP) is 2.31. The molecule has 0 atom stereocenters. The molecule has 2 rings (SSSR count). The van der Waals surface area contributed by atoms with Gasteiger partial charge in [0.2, 0.25) is 0 Å². The summed E-state index contributed by atoms with van der Waals surface area (Å²) in [6.45, 7) is 4.10. The highest BCUT2D eigenvalue weighted by atomic mass is 16.1. The van der Waals surface area contributed by atoms with Crippen molar-refractivity contribution in [2.45, 2.75) is 45.6 Å². The van der Waals surface area contributed by atoms with Gasteiger partial charge >= 0.3 is 0 Å². The van der Waals surface area contributed by atoms with Gasteiger partial charge in [0.1, 0.15) is 0 Å². The van der Waals surface area contributed by atoms with Crippen molar-refractivity contribution in [1.82, 2.24) is 4.57 Å². The van der Waals surface area contributed by atoms with Crippen molar-refractivity contribution >= 4 is 0 Å². The van der Waals surface area contributed by atoms with Gasteiger partial charge in [0.15, 0.2) is 0 Å². The molecule has 2 nitrogen and oxygen atoms in total. The van der Waals surface area contributed by atoms with E-state index < -0.39 is 0 Å². The topological polar surface area (TPSA) is 22.0 Å². The first kappa shape index (κ1) is 9.50. The third-order valence-corrected chi connectivity index (χ3v) is 3.00. The van der Waals surface area contributed by atoms with Crippen LogP contribution in [0.4, 0.5) is 0 Å². The number of aryl methyl sites for hydroxylation is 1. The van der Waals surface area contributed by atoms with Crippen molar-refractivity contribution in [2.24, 2.45) is 0 Å². The second-order valence-electron chi connectivity index (χ2n) is 4.33. The molecule has 0 aromatic carbocycles. The van der Waals surface area contributed by atoms with Gasteiger partial charge in [-0.1, -0.05) is 0 Å². The number of fused-ring (bicyclic) bond motifs is 1. The third-order valence-electron chi connectivity index (χ3n) is 3.00. The molecule has 0 N–H and O–H groups in total. The van der Waals surface area contributed by atoms with Gasteiger partial charge in [-0.05, 0) is 51.2 Å². The molecule has 1 aromatic heterocycles. The molecule has 0 bridgehead atoms. The minimum Gasteiger partial charge on any atom is -0.313 e. The Morgan fingerprint density at radius 1 is 1.29 bits per heavy atom. The Morgan fingerprint density at radius 3 is 2.71 bits per heavy atom. The fraction of sp³-hybridized carbons (Fsp3) is 0.583. The summed E-state index contributed by atoms with van der Waals surface area (Å²) < 4.78 is 1.84. The van der Waals surface area contributed by atoms with E-state index in [1.165, 1.54) is 18.4 Å². The number of pyridine rings is 1. The highest BCUT2D eigenvalue weighted by molar-refractivity contribution is 5.26. The van der Waals surface area contributed by atoms with Crippen molar-refractivity contribution in [3.63, 3.8) is 0 Å². The number of hydrogen-bond donors (Lipinski definition) is 0. The van der Waals surface area contributed by atoms with Gasteiger partial charge < -0.3 is 4.57 Å². The van der Waals surface area contributed by atoms with E-state index in [-0.39, 0.29) is 11.6 Å². The summed E-state index contributed by atoms with van der Waals surface area (Å²) in [6, 6.07) is 2.39. The van der Waals surface area contributed by atoms with Crippen LogP contribution in [0.15, 0.2) is 17.1 Å². The van der Waals surface area contributed by atoms with Crippen LogP contribution in [0.2, 0.25) is 0 Å². The molecule has 2 heteroatoms. The first-order chi connectivity index (χ1) is 6.70. The van der Waals surface area contributed by atoms with Gasteiger partial charge in [-0.2, -0.15) is 0 Å². The average molecular weight is 191 g/mol. The monoisotopic (exact) mass is 191 g/mol. The lowest BCUT2D eigenvalue weighted by Gasteiger charge is -2.18. The number of nitrogens with zero attached hydrogens (tertiary/aromatic N) is 1. The lowest BCUT2D eigenvalue weighted by atomic mass is 9.93. The zero-order chi connectivity index (χ0) is 10.1. The van der Waals surface area contributed by atoms with Crippen molar-refractivity contribution in [3.05, 3.63) is 33.7 Å². The number of rotatable bonds is 1. The van der Waals surface area contributed by atoms with Gasteiger partial charge in [0, 0.05) is 17.8 Å². The highest BCUT2D eigenvalue weighted by Gasteiger charge is 2.14. The lowest BCUT2D eigenvalue weighted by Crippen LogP contribution is -2.27. The molecule has 1 aliphatic rings. The minimum absolute atomic E-state index is 0.234. The summed E-state index contributed by atoms with van der Waals surface area (Å²) in [5.74, 6) is 0. The van der Waals surface area contributed by atoms with Gasteiger partial charge in [0.05, 0.1) is 0 Å². The maximum Gasteiger partial charge on any atom is 0.254 e. The maximum atomic E-state index is 12.0. The summed E-state index contributed by atoms with van der Waals surface area (Å²) in [7, 11) is 0. The molecule has 1 heterocycles. The SMILES string of the molecule is CC(C)n1ccc2c(c1=O)CCCC2. The molecule has 0 unspecified atom stereocenters. The Kier molecular flexibility index (Phi) is 2.44. The predicted molar refractivity (Wildman–Crippen MR) is 57.7 cm³/mol. The standard InChI is InChI=1S/C12H17NO/c1-9(2)13-8-7-10-5-3-4-6-11(10)12(13)14/h7-9H,3-6H2,1-2H3. The molecule has 0 aliphatic heterocycles. The zero-order valence-corrected chi connectivity index (χ0v) is 8.92.